The fourth-order valence-electron chi connectivity index (χ4n) is 3.98. The lowest BCUT2D eigenvalue weighted by Gasteiger charge is -2.20. The molecule has 2 aromatic heterocycles. The van der Waals surface area contributed by atoms with Gasteiger partial charge in [-0.1, -0.05) is 24.3 Å². The van der Waals surface area contributed by atoms with Crippen LogP contribution in [0.3, 0.4) is 0 Å². The second kappa shape index (κ2) is 6.34. The van der Waals surface area contributed by atoms with Crippen LogP contribution in [0, 0.1) is 5.82 Å². The molecule has 29 heavy (non-hydrogen) atoms. The van der Waals surface area contributed by atoms with Crippen molar-refractivity contribution in [2.45, 2.75) is 6.04 Å². The Morgan fingerprint density at radius 3 is 2.83 bits per heavy atom. The highest BCUT2D eigenvalue weighted by molar-refractivity contribution is 6.06. The van der Waals surface area contributed by atoms with Crippen LogP contribution in [-0.2, 0) is 0 Å². The van der Waals surface area contributed by atoms with Gasteiger partial charge >= 0.3 is 0 Å². The number of hydrogen-bond acceptors (Lipinski definition) is 4. The summed E-state index contributed by atoms with van der Waals surface area (Å²) < 4.78 is 21.2. The maximum atomic E-state index is 14.5. The average Bonchev–Trinajstić information content (AvgIpc) is 3.09. The van der Waals surface area contributed by atoms with Crippen molar-refractivity contribution in [3.05, 3.63) is 83.4 Å². The molecular weight excluding hydrogens is 371 g/mol. The van der Waals surface area contributed by atoms with Crippen molar-refractivity contribution in [1.82, 2.24) is 9.61 Å². The zero-order chi connectivity index (χ0) is 20.1. The van der Waals surface area contributed by atoms with Gasteiger partial charge in [0.25, 0.3) is 5.91 Å². The van der Waals surface area contributed by atoms with E-state index in [-0.39, 0.29) is 11.8 Å². The van der Waals surface area contributed by atoms with Crippen LogP contribution in [0.1, 0.15) is 27.5 Å². The summed E-state index contributed by atoms with van der Waals surface area (Å²) in [6.07, 6.45) is 3.31. The standard InChI is InChI=1S/C22H17FN4O2/c1-29-18-7-6-12(10-16(18)23)20-14-8-9-27-21(14)19(15(11-25-27)22(24)28)13-4-2-3-5-17(13)26-20/h2-11,20,26H,1H3,(H2,24,28). The first-order chi connectivity index (χ1) is 14.1. The lowest BCUT2D eigenvalue weighted by Crippen LogP contribution is -2.14. The predicted molar refractivity (Wildman–Crippen MR) is 108 cm³/mol. The third-order valence-corrected chi connectivity index (χ3v) is 5.30. The topological polar surface area (TPSA) is 81.6 Å². The van der Waals surface area contributed by atoms with E-state index in [9.17, 15) is 9.18 Å². The quantitative estimate of drug-likeness (QED) is 0.560. The van der Waals surface area contributed by atoms with E-state index in [2.05, 4.69) is 10.4 Å². The van der Waals surface area contributed by atoms with Gasteiger partial charge in [0, 0.05) is 28.6 Å². The van der Waals surface area contributed by atoms with E-state index in [0.29, 0.717) is 11.1 Å². The molecule has 0 saturated carbocycles. The molecule has 5 rings (SSSR count). The number of anilines is 1. The first-order valence-electron chi connectivity index (χ1n) is 9.08. The molecule has 1 unspecified atom stereocenters. The number of benzene rings is 2. The van der Waals surface area contributed by atoms with E-state index in [4.69, 9.17) is 10.5 Å². The minimum atomic E-state index is -0.550. The minimum absolute atomic E-state index is 0.183. The summed E-state index contributed by atoms with van der Waals surface area (Å²) in [7, 11) is 1.43. The minimum Gasteiger partial charge on any atom is -0.494 e. The van der Waals surface area contributed by atoms with Gasteiger partial charge in [-0.15, -0.1) is 0 Å². The zero-order valence-electron chi connectivity index (χ0n) is 15.5. The second-order valence-corrected chi connectivity index (χ2v) is 6.88. The van der Waals surface area contributed by atoms with Crippen LogP contribution in [-0.4, -0.2) is 22.6 Å². The number of para-hydroxylation sites is 1. The van der Waals surface area contributed by atoms with E-state index < -0.39 is 11.7 Å². The lowest BCUT2D eigenvalue weighted by atomic mass is 9.96. The summed E-state index contributed by atoms with van der Waals surface area (Å²) in [6.45, 7) is 0. The van der Waals surface area contributed by atoms with Crippen LogP contribution in [0.4, 0.5) is 10.1 Å². The van der Waals surface area contributed by atoms with Crippen LogP contribution in [0.5, 0.6) is 5.75 Å². The molecule has 144 valence electrons. The predicted octanol–water partition coefficient (Wildman–Crippen LogP) is 3.76. The third-order valence-electron chi connectivity index (χ3n) is 5.30. The molecule has 7 heteroatoms. The molecule has 0 saturated heterocycles. The SMILES string of the molecule is COc1ccc(C2Nc3ccccc3-c3c(C(N)=O)cnn4ccc2c34)cc1F. The molecule has 3 N–H and O–H groups in total. The Hall–Kier alpha value is -3.87. The first kappa shape index (κ1) is 17.2. The van der Waals surface area contributed by atoms with Crippen molar-refractivity contribution in [3.8, 4) is 16.9 Å². The molecule has 0 spiro atoms. The number of primary amides is 1. The monoisotopic (exact) mass is 388 g/mol. The molecule has 2 aromatic carbocycles. The molecule has 0 radical (unpaired) electrons. The number of nitrogens with two attached hydrogens (primary N) is 1. The van der Waals surface area contributed by atoms with Gasteiger partial charge in [0.05, 0.1) is 30.4 Å². The summed E-state index contributed by atoms with van der Waals surface area (Å²) in [6, 6.07) is 14.1. The van der Waals surface area contributed by atoms with Crippen LogP contribution in [0.2, 0.25) is 0 Å². The van der Waals surface area contributed by atoms with E-state index in [1.54, 1.807) is 10.6 Å². The number of hydrogen-bond donors (Lipinski definition) is 2. The van der Waals surface area contributed by atoms with Crippen molar-refractivity contribution in [3.63, 3.8) is 0 Å². The number of fused-ring (bicyclic) bond motifs is 2. The fraction of sp³-hybridized carbons (Fsp3) is 0.0909. The highest BCUT2D eigenvalue weighted by atomic mass is 19.1. The van der Waals surface area contributed by atoms with Crippen molar-refractivity contribution in [1.29, 1.82) is 0 Å². The second-order valence-electron chi connectivity index (χ2n) is 6.88. The Morgan fingerprint density at radius 1 is 1.24 bits per heavy atom. The van der Waals surface area contributed by atoms with Crippen LogP contribution >= 0.6 is 0 Å². The van der Waals surface area contributed by atoms with Crippen molar-refractivity contribution >= 4 is 17.1 Å². The molecule has 3 heterocycles. The maximum absolute atomic E-state index is 14.5. The van der Waals surface area contributed by atoms with Crippen molar-refractivity contribution in [2.75, 3.05) is 12.4 Å². The van der Waals surface area contributed by atoms with E-state index in [1.165, 1.54) is 19.4 Å². The van der Waals surface area contributed by atoms with Gasteiger partial charge in [0.2, 0.25) is 0 Å². The smallest absolute Gasteiger partial charge is 0.251 e. The fourth-order valence-corrected chi connectivity index (χ4v) is 3.98. The summed E-state index contributed by atoms with van der Waals surface area (Å²) in [5, 5.41) is 7.85. The molecule has 0 fully saturated rings. The Labute approximate surface area is 165 Å². The highest BCUT2D eigenvalue weighted by Gasteiger charge is 2.29. The van der Waals surface area contributed by atoms with Gasteiger partial charge in [0.1, 0.15) is 0 Å². The third kappa shape index (κ3) is 2.55. The number of rotatable bonds is 3. The first-order valence-corrected chi connectivity index (χ1v) is 9.08. The van der Waals surface area contributed by atoms with Gasteiger partial charge in [0.15, 0.2) is 11.6 Å². The highest BCUT2D eigenvalue weighted by Crippen LogP contribution is 2.43. The van der Waals surface area contributed by atoms with Gasteiger partial charge in [-0.05, 0) is 29.8 Å². The number of amides is 1. The molecule has 0 aliphatic carbocycles. The number of methoxy groups -OCH3 is 1. The van der Waals surface area contributed by atoms with E-state index >= 15 is 0 Å². The number of halogens is 1. The average molecular weight is 388 g/mol. The summed E-state index contributed by atoms with van der Waals surface area (Å²) in [5.41, 5.74) is 10.7. The van der Waals surface area contributed by atoms with Crippen LogP contribution < -0.4 is 15.8 Å². The molecule has 1 aliphatic heterocycles. The molecular formula is C22H17FN4O2. The molecule has 1 amide bonds. The van der Waals surface area contributed by atoms with Crippen molar-refractivity contribution < 1.29 is 13.9 Å². The Bertz CT molecular complexity index is 1280. The van der Waals surface area contributed by atoms with E-state index in [0.717, 1.165) is 27.9 Å². The summed E-state index contributed by atoms with van der Waals surface area (Å²) >= 11 is 0. The molecule has 4 aromatic rings. The Balaban J connectivity index is 1.84. The molecule has 6 nitrogen and oxygen atoms in total. The number of nitrogens with zero attached hydrogens (tertiary/aromatic N) is 2. The molecule has 0 bridgehead atoms. The van der Waals surface area contributed by atoms with Gasteiger partial charge in [-0.2, -0.15) is 5.10 Å². The number of nitrogens with one attached hydrogen (secondary N) is 1. The number of carbonyl (C=O) groups excluding carboxylic acids is 1. The normalized spacial score (nSPS) is 14.8. The Morgan fingerprint density at radius 2 is 2.07 bits per heavy atom. The number of ether oxygens (including phenoxy) is 1. The summed E-state index contributed by atoms with van der Waals surface area (Å²) in [5.74, 6) is -0.808. The molecule has 1 aliphatic rings. The zero-order valence-corrected chi connectivity index (χ0v) is 15.5. The van der Waals surface area contributed by atoms with E-state index in [1.807, 2.05) is 42.6 Å². The van der Waals surface area contributed by atoms with Crippen molar-refractivity contribution in [2.24, 2.45) is 5.73 Å². The molecule has 1 atom stereocenters. The largest absolute Gasteiger partial charge is 0.494 e. The Kier molecular flexibility index (Phi) is 3.77. The number of carbonyl (C=O) groups is 1. The van der Waals surface area contributed by atoms with Gasteiger partial charge in [-0.3, -0.25) is 4.79 Å². The number of aromatic nitrogens is 2. The van der Waals surface area contributed by atoms with Crippen LogP contribution in [0.25, 0.3) is 16.6 Å². The van der Waals surface area contributed by atoms with Gasteiger partial charge in [-0.25, -0.2) is 8.91 Å². The summed E-state index contributed by atoms with van der Waals surface area (Å²) in [4.78, 5) is 12.2. The van der Waals surface area contributed by atoms with Gasteiger partial charge < -0.3 is 15.8 Å². The van der Waals surface area contributed by atoms with Crippen LogP contribution in [0.15, 0.2) is 60.9 Å². The maximum Gasteiger partial charge on any atom is 0.251 e. The lowest BCUT2D eigenvalue weighted by molar-refractivity contribution is 0.100.